The van der Waals surface area contributed by atoms with Crippen LogP contribution in [0.25, 0.3) is 0 Å². The lowest BCUT2D eigenvalue weighted by molar-refractivity contribution is -0.869. The van der Waals surface area contributed by atoms with Crippen LogP contribution >= 0.6 is 0 Å². The third kappa shape index (κ3) is 8.47. The summed E-state index contributed by atoms with van der Waals surface area (Å²) in [6.07, 6.45) is 17.8. The number of alkyl carbamates (subject to hydrolysis) is 1. The molecule has 4 heteroatoms. The zero-order chi connectivity index (χ0) is 27.2. The number of quaternary nitrogens is 1. The van der Waals surface area contributed by atoms with Gasteiger partial charge in [-0.2, -0.15) is 0 Å². The smallest absolute Gasteiger partial charge is 0.407 e. The van der Waals surface area contributed by atoms with Crippen molar-refractivity contribution in [2.45, 2.75) is 104 Å². The molecule has 0 saturated heterocycles. The average Bonchev–Trinajstić information content (AvgIpc) is 3.16. The van der Waals surface area contributed by atoms with Gasteiger partial charge in [0.15, 0.2) is 0 Å². The van der Waals surface area contributed by atoms with Crippen LogP contribution in [0, 0.1) is 29.1 Å². The summed E-state index contributed by atoms with van der Waals surface area (Å²) >= 11 is 0. The van der Waals surface area contributed by atoms with Crippen LogP contribution in [-0.4, -0.2) is 50.9 Å². The number of likely N-dealkylation sites (N-methyl/N-ethyl adjacent to an activating group) is 1. The van der Waals surface area contributed by atoms with Crippen molar-refractivity contribution >= 4 is 6.09 Å². The van der Waals surface area contributed by atoms with Gasteiger partial charge in [0.25, 0.3) is 0 Å². The number of hydrogen-bond acceptors (Lipinski definition) is 2. The molecule has 0 bridgehead atoms. The minimum absolute atomic E-state index is 0.0570. The number of nitrogens with zero attached hydrogens (tertiary/aromatic N) is 1. The standard InChI is InChI=1S/C33H56N2O2/c1-24(2)11-9-12-26(4)30-18-19-31-27(13-10-20-33(30,31)5)15-16-28-23-29(17-14-25(28)3)37-32(36)34-21-22-35(6,7)8/h15-16,24,26,29-31H,3,9-14,17-23H2,1-2,4-8H3/p+1/b27-15+,28-16+/t26-,29+,30-,31+,33-/m1/s1. The fraction of sp³-hybridized carbons (Fsp3) is 0.788. The number of amides is 1. The van der Waals surface area contributed by atoms with Crippen molar-refractivity contribution in [2.24, 2.45) is 29.1 Å². The van der Waals surface area contributed by atoms with E-state index in [-0.39, 0.29) is 12.2 Å². The van der Waals surface area contributed by atoms with Crippen LogP contribution in [0.2, 0.25) is 0 Å². The molecular weight excluding hydrogens is 456 g/mol. The molecule has 0 unspecified atom stereocenters. The zero-order valence-electron chi connectivity index (χ0n) is 25.2. The van der Waals surface area contributed by atoms with Crippen LogP contribution < -0.4 is 5.32 Å². The lowest BCUT2D eigenvalue weighted by atomic mass is 9.60. The van der Waals surface area contributed by atoms with Crippen LogP contribution in [0.5, 0.6) is 0 Å². The maximum atomic E-state index is 12.3. The second-order valence-electron chi connectivity index (χ2n) is 14.1. The van der Waals surface area contributed by atoms with Crippen molar-refractivity contribution < 1.29 is 14.0 Å². The van der Waals surface area contributed by atoms with E-state index in [0.717, 1.165) is 54.0 Å². The van der Waals surface area contributed by atoms with E-state index in [1.807, 2.05) is 0 Å². The normalized spacial score (nSPS) is 31.6. The summed E-state index contributed by atoms with van der Waals surface area (Å²) in [4.78, 5) is 12.3. The maximum absolute atomic E-state index is 12.3. The third-order valence-corrected chi connectivity index (χ3v) is 9.66. The monoisotopic (exact) mass is 513 g/mol. The Bertz CT molecular complexity index is 849. The third-order valence-electron chi connectivity index (χ3n) is 9.66. The molecule has 0 spiro atoms. The molecule has 4 nitrogen and oxygen atoms in total. The summed E-state index contributed by atoms with van der Waals surface area (Å²) in [6.45, 7) is 15.7. The average molecular weight is 514 g/mol. The highest BCUT2D eigenvalue weighted by molar-refractivity contribution is 5.67. The van der Waals surface area contributed by atoms with Gasteiger partial charge in [0.05, 0.1) is 34.2 Å². The number of carbonyl (C=O) groups excluding carboxylic acids is 1. The molecule has 3 aliphatic carbocycles. The van der Waals surface area contributed by atoms with Gasteiger partial charge in [-0.1, -0.05) is 76.8 Å². The van der Waals surface area contributed by atoms with E-state index in [0.29, 0.717) is 12.0 Å². The topological polar surface area (TPSA) is 38.3 Å². The van der Waals surface area contributed by atoms with E-state index >= 15 is 0 Å². The minimum Gasteiger partial charge on any atom is -0.446 e. The quantitative estimate of drug-likeness (QED) is 0.300. The number of hydrogen-bond donors (Lipinski definition) is 1. The largest absolute Gasteiger partial charge is 0.446 e. The second kappa shape index (κ2) is 13.0. The highest BCUT2D eigenvalue weighted by atomic mass is 16.6. The van der Waals surface area contributed by atoms with E-state index in [4.69, 9.17) is 4.74 Å². The number of allylic oxidation sites excluding steroid dienone is 4. The molecule has 0 heterocycles. The summed E-state index contributed by atoms with van der Waals surface area (Å²) in [5.74, 6) is 3.24. The molecule has 0 aliphatic heterocycles. The highest BCUT2D eigenvalue weighted by Gasteiger charge is 2.50. The van der Waals surface area contributed by atoms with Crippen LogP contribution in [0.1, 0.15) is 98.3 Å². The highest BCUT2D eigenvalue weighted by Crippen LogP contribution is 2.60. The number of fused-ring (bicyclic) bond motifs is 1. The molecule has 210 valence electrons. The molecule has 0 aromatic rings. The second-order valence-corrected chi connectivity index (χ2v) is 14.1. The van der Waals surface area contributed by atoms with Crippen LogP contribution in [0.4, 0.5) is 4.79 Å². The van der Waals surface area contributed by atoms with Gasteiger partial charge < -0.3 is 14.5 Å². The van der Waals surface area contributed by atoms with Crippen molar-refractivity contribution in [1.82, 2.24) is 5.32 Å². The van der Waals surface area contributed by atoms with Crippen LogP contribution in [0.3, 0.4) is 0 Å². The molecule has 0 aromatic carbocycles. The van der Waals surface area contributed by atoms with Gasteiger partial charge in [-0.3, -0.25) is 0 Å². The van der Waals surface area contributed by atoms with Crippen molar-refractivity contribution in [3.63, 3.8) is 0 Å². The predicted molar refractivity (Wildman–Crippen MR) is 156 cm³/mol. The van der Waals surface area contributed by atoms with Crippen molar-refractivity contribution in [2.75, 3.05) is 34.2 Å². The lowest BCUT2D eigenvalue weighted by Crippen LogP contribution is -2.42. The zero-order valence-corrected chi connectivity index (χ0v) is 25.2. The Hall–Kier alpha value is -1.55. The molecular formula is C33H57N2O2+. The first-order chi connectivity index (χ1) is 17.4. The summed E-state index contributed by atoms with van der Waals surface area (Å²) in [5.41, 5.74) is 4.60. The first-order valence-corrected chi connectivity index (χ1v) is 15.2. The number of ether oxygens (including phenoxy) is 1. The van der Waals surface area contributed by atoms with Crippen LogP contribution in [-0.2, 0) is 4.74 Å². The van der Waals surface area contributed by atoms with Crippen molar-refractivity contribution in [1.29, 1.82) is 0 Å². The van der Waals surface area contributed by atoms with E-state index in [1.54, 1.807) is 5.57 Å². The Morgan fingerprint density at radius 2 is 1.89 bits per heavy atom. The Balaban J connectivity index is 1.60. The summed E-state index contributed by atoms with van der Waals surface area (Å²) in [5, 5.41) is 2.93. The van der Waals surface area contributed by atoms with E-state index in [1.165, 1.54) is 62.5 Å². The summed E-state index contributed by atoms with van der Waals surface area (Å²) in [7, 11) is 6.38. The molecule has 0 aromatic heterocycles. The first kappa shape index (κ1) is 30.0. The fourth-order valence-corrected chi connectivity index (χ4v) is 7.43. The summed E-state index contributed by atoms with van der Waals surface area (Å²) < 4.78 is 6.61. The van der Waals surface area contributed by atoms with Gasteiger partial charge in [-0.05, 0) is 79.6 Å². The van der Waals surface area contributed by atoms with Gasteiger partial charge in [0.1, 0.15) is 6.10 Å². The molecule has 37 heavy (non-hydrogen) atoms. The predicted octanol–water partition coefficient (Wildman–Crippen LogP) is 8.06. The summed E-state index contributed by atoms with van der Waals surface area (Å²) in [6, 6.07) is 0. The van der Waals surface area contributed by atoms with Gasteiger partial charge in [-0.25, -0.2) is 4.79 Å². The molecule has 0 radical (unpaired) electrons. The first-order valence-electron chi connectivity index (χ1n) is 15.2. The Morgan fingerprint density at radius 1 is 1.14 bits per heavy atom. The van der Waals surface area contributed by atoms with Gasteiger partial charge in [0, 0.05) is 6.42 Å². The molecule has 1 N–H and O–H groups in total. The Morgan fingerprint density at radius 3 is 2.59 bits per heavy atom. The molecule has 3 fully saturated rings. The molecule has 3 saturated carbocycles. The van der Waals surface area contributed by atoms with Gasteiger partial charge in [0.2, 0.25) is 0 Å². The van der Waals surface area contributed by atoms with E-state index < -0.39 is 0 Å². The minimum atomic E-state index is -0.286. The van der Waals surface area contributed by atoms with E-state index in [2.05, 4.69) is 72.9 Å². The van der Waals surface area contributed by atoms with Crippen molar-refractivity contribution in [3.05, 3.63) is 35.5 Å². The Labute approximate surface area is 228 Å². The van der Waals surface area contributed by atoms with Gasteiger partial charge >= 0.3 is 6.09 Å². The maximum Gasteiger partial charge on any atom is 0.407 e. The molecule has 1 amide bonds. The Kier molecular flexibility index (Phi) is 10.5. The molecule has 3 rings (SSSR count). The van der Waals surface area contributed by atoms with Crippen LogP contribution in [0.15, 0.2) is 35.5 Å². The lowest BCUT2D eigenvalue weighted by Gasteiger charge is -2.44. The number of nitrogens with one attached hydrogen (secondary N) is 1. The van der Waals surface area contributed by atoms with Gasteiger partial charge in [-0.15, -0.1) is 0 Å². The number of rotatable bonds is 10. The number of carbonyl (C=O) groups is 1. The van der Waals surface area contributed by atoms with E-state index in [9.17, 15) is 4.79 Å². The SMILES string of the molecule is C=C1CC[C@H](OC(=O)NCC[N+](C)(C)C)C/C1=C\C=C1/CCC[C@]2(C)[C@@H]([C@H](C)CCCC(C)C)CC[C@@H]12. The fourth-order valence-electron chi connectivity index (χ4n) is 7.43. The molecule has 3 aliphatic rings. The molecule has 5 atom stereocenters. The van der Waals surface area contributed by atoms with Crippen molar-refractivity contribution in [3.8, 4) is 0 Å².